The van der Waals surface area contributed by atoms with Crippen LogP contribution >= 0.6 is 0 Å². The molecular formula is C17H16N2. The summed E-state index contributed by atoms with van der Waals surface area (Å²) >= 11 is 0. The van der Waals surface area contributed by atoms with Crippen LogP contribution in [0.1, 0.15) is 16.8 Å². The Kier molecular flexibility index (Phi) is 3.25. The SMILES string of the molecule is NCc1cc2cc(Cc3ccccc3)ccc2cn1. The molecule has 1 aromatic heterocycles. The first-order chi connectivity index (χ1) is 9.35. The third-order valence-corrected chi connectivity index (χ3v) is 3.30. The van der Waals surface area contributed by atoms with Crippen LogP contribution in [0.3, 0.4) is 0 Å². The summed E-state index contributed by atoms with van der Waals surface area (Å²) in [5.41, 5.74) is 9.22. The standard InChI is InChI=1S/C17H16N2/c18-11-17-10-16-9-14(6-7-15(16)12-19-17)8-13-4-2-1-3-5-13/h1-7,9-10,12H,8,11,18H2. The maximum atomic E-state index is 5.64. The highest BCUT2D eigenvalue weighted by Crippen LogP contribution is 2.18. The molecule has 0 bridgehead atoms. The third kappa shape index (κ3) is 2.64. The Morgan fingerprint density at radius 2 is 1.68 bits per heavy atom. The number of nitrogens with two attached hydrogens (primary N) is 1. The molecule has 0 saturated carbocycles. The molecule has 0 saturated heterocycles. The second-order valence-electron chi connectivity index (χ2n) is 4.72. The van der Waals surface area contributed by atoms with Crippen molar-refractivity contribution in [2.24, 2.45) is 5.73 Å². The van der Waals surface area contributed by atoms with Crippen molar-refractivity contribution in [2.45, 2.75) is 13.0 Å². The van der Waals surface area contributed by atoms with Crippen LogP contribution in [0.2, 0.25) is 0 Å². The zero-order valence-electron chi connectivity index (χ0n) is 10.7. The van der Waals surface area contributed by atoms with Crippen molar-refractivity contribution in [1.82, 2.24) is 4.98 Å². The molecule has 0 aliphatic heterocycles. The summed E-state index contributed by atoms with van der Waals surface area (Å²) < 4.78 is 0. The van der Waals surface area contributed by atoms with E-state index in [0.717, 1.165) is 17.5 Å². The van der Waals surface area contributed by atoms with Gasteiger partial charge in [-0.15, -0.1) is 0 Å². The third-order valence-electron chi connectivity index (χ3n) is 3.30. The molecular weight excluding hydrogens is 232 g/mol. The molecule has 3 aromatic rings. The van der Waals surface area contributed by atoms with Crippen LogP contribution in [0, 0.1) is 0 Å². The summed E-state index contributed by atoms with van der Waals surface area (Å²) in [7, 11) is 0. The van der Waals surface area contributed by atoms with E-state index in [4.69, 9.17) is 5.73 Å². The molecule has 0 aliphatic carbocycles. The predicted molar refractivity (Wildman–Crippen MR) is 78.9 cm³/mol. The first-order valence-electron chi connectivity index (χ1n) is 6.47. The molecule has 2 aromatic carbocycles. The fraction of sp³-hybridized carbons (Fsp3) is 0.118. The lowest BCUT2D eigenvalue weighted by Gasteiger charge is -2.05. The Hall–Kier alpha value is -2.19. The lowest BCUT2D eigenvalue weighted by Crippen LogP contribution is -1.98. The Bertz CT molecular complexity index is 690. The second kappa shape index (κ2) is 5.21. The van der Waals surface area contributed by atoms with E-state index in [1.807, 2.05) is 12.3 Å². The summed E-state index contributed by atoms with van der Waals surface area (Å²) in [5, 5.41) is 2.37. The normalized spacial score (nSPS) is 10.8. The lowest BCUT2D eigenvalue weighted by molar-refractivity contribution is 0.998. The van der Waals surface area contributed by atoms with E-state index in [9.17, 15) is 0 Å². The monoisotopic (exact) mass is 248 g/mol. The quantitative estimate of drug-likeness (QED) is 0.772. The van der Waals surface area contributed by atoms with Crippen LogP contribution in [-0.2, 0) is 13.0 Å². The summed E-state index contributed by atoms with van der Waals surface area (Å²) in [5.74, 6) is 0. The molecule has 2 heteroatoms. The Balaban J connectivity index is 1.96. The van der Waals surface area contributed by atoms with Crippen LogP contribution in [0.4, 0.5) is 0 Å². The van der Waals surface area contributed by atoms with Crippen molar-refractivity contribution in [3.8, 4) is 0 Å². The van der Waals surface area contributed by atoms with Crippen molar-refractivity contribution in [3.05, 3.63) is 77.6 Å². The van der Waals surface area contributed by atoms with Crippen molar-refractivity contribution < 1.29 is 0 Å². The molecule has 0 fully saturated rings. The molecule has 0 unspecified atom stereocenters. The minimum Gasteiger partial charge on any atom is -0.325 e. The van der Waals surface area contributed by atoms with Crippen LogP contribution < -0.4 is 5.73 Å². The predicted octanol–water partition coefficient (Wildman–Crippen LogP) is 3.28. The van der Waals surface area contributed by atoms with Crippen LogP contribution in [0.25, 0.3) is 10.8 Å². The van der Waals surface area contributed by atoms with Gasteiger partial charge in [0.1, 0.15) is 0 Å². The van der Waals surface area contributed by atoms with E-state index in [-0.39, 0.29) is 0 Å². The summed E-state index contributed by atoms with van der Waals surface area (Å²) in [4.78, 5) is 4.31. The molecule has 0 radical (unpaired) electrons. The van der Waals surface area contributed by atoms with Crippen LogP contribution in [0.5, 0.6) is 0 Å². The van der Waals surface area contributed by atoms with Gasteiger partial charge in [0.05, 0.1) is 5.69 Å². The number of pyridine rings is 1. The largest absolute Gasteiger partial charge is 0.325 e. The number of hydrogen-bond acceptors (Lipinski definition) is 2. The molecule has 1 heterocycles. The highest BCUT2D eigenvalue weighted by Gasteiger charge is 2.00. The minimum absolute atomic E-state index is 0.485. The van der Waals surface area contributed by atoms with Gasteiger partial charge in [-0.2, -0.15) is 0 Å². The van der Waals surface area contributed by atoms with Gasteiger partial charge >= 0.3 is 0 Å². The Labute approximate surface area is 112 Å². The topological polar surface area (TPSA) is 38.9 Å². The molecule has 0 aliphatic rings. The van der Waals surface area contributed by atoms with E-state index in [1.54, 1.807) is 0 Å². The van der Waals surface area contributed by atoms with Crippen molar-refractivity contribution in [2.75, 3.05) is 0 Å². The first kappa shape index (κ1) is 11.9. The molecule has 94 valence electrons. The lowest BCUT2D eigenvalue weighted by atomic mass is 10.0. The Morgan fingerprint density at radius 1 is 0.842 bits per heavy atom. The number of rotatable bonds is 3. The van der Waals surface area contributed by atoms with Gasteiger partial charge in [-0.05, 0) is 29.0 Å². The van der Waals surface area contributed by atoms with Crippen molar-refractivity contribution >= 4 is 10.8 Å². The van der Waals surface area contributed by atoms with Gasteiger partial charge in [0.2, 0.25) is 0 Å². The number of hydrogen-bond donors (Lipinski definition) is 1. The first-order valence-corrected chi connectivity index (χ1v) is 6.47. The van der Waals surface area contributed by atoms with Gasteiger partial charge in [-0.25, -0.2) is 0 Å². The van der Waals surface area contributed by atoms with Gasteiger partial charge in [0, 0.05) is 18.1 Å². The summed E-state index contributed by atoms with van der Waals surface area (Å²) in [6.07, 6.45) is 2.85. The number of aromatic nitrogens is 1. The number of nitrogens with zero attached hydrogens (tertiary/aromatic N) is 1. The number of fused-ring (bicyclic) bond motifs is 1. The molecule has 0 atom stereocenters. The zero-order valence-corrected chi connectivity index (χ0v) is 10.7. The van der Waals surface area contributed by atoms with Crippen molar-refractivity contribution in [3.63, 3.8) is 0 Å². The highest BCUT2D eigenvalue weighted by molar-refractivity contribution is 5.82. The fourth-order valence-corrected chi connectivity index (χ4v) is 2.29. The molecule has 3 rings (SSSR count). The number of benzene rings is 2. The van der Waals surface area contributed by atoms with Gasteiger partial charge in [0.25, 0.3) is 0 Å². The van der Waals surface area contributed by atoms with E-state index in [2.05, 4.69) is 53.5 Å². The van der Waals surface area contributed by atoms with E-state index >= 15 is 0 Å². The van der Waals surface area contributed by atoms with E-state index in [0.29, 0.717) is 6.54 Å². The minimum atomic E-state index is 0.485. The Morgan fingerprint density at radius 3 is 2.47 bits per heavy atom. The summed E-state index contributed by atoms with van der Waals surface area (Å²) in [6.45, 7) is 0.485. The van der Waals surface area contributed by atoms with Crippen molar-refractivity contribution in [1.29, 1.82) is 0 Å². The molecule has 2 nitrogen and oxygen atoms in total. The highest BCUT2D eigenvalue weighted by atomic mass is 14.7. The van der Waals surface area contributed by atoms with Gasteiger partial charge in [-0.1, -0.05) is 48.5 Å². The van der Waals surface area contributed by atoms with Crippen LogP contribution in [0.15, 0.2) is 60.8 Å². The molecule has 2 N–H and O–H groups in total. The molecule has 0 amide bonds. The van der Waals surface area contributed by atoms with Gasteiger partial charge in [-0.3, -0.25) is 4.98 Å². The molecule has 19 heavy (non-hydrogen) atoms. The molecule has 0 spiro atoms. The van der Waals surface area contributed by atoms with E-state index < -0.39 is 0 Å². The average Bonchev–Trinajstić information content (AvgIpc) is 2.47. The zero-order chi connectivity index (χ0) is 13.1. The van der Waals surface area contributed by atoms with Gasteiger partial charge < -0.3 is 5.73 Å². The van der Waals surface area contributed by atoms with Gasteiger partial charge in [0.15, 0.2) is 0 Å². The van der Waals surface area contributed by atoms with Crippen LogP contribution in [-0.4, -0.2) is 4.98 Å². The smallest absolute Gasteiger partial charge is 0.0545 e. The average molecular weight is 248 g/mol. The summed E-state index contributed by atoms with van der Waals surface area (Å²) in [6, 6.07) is 19.1. The maximum Gasteiger partial charge on any atom is 0.0545 e. The fourth-order valence-electron chi connectivity index (χ4n) is 2.29. The van der Waals surface area contributed by atoms with E-state index in [1.165, 1.54) is 16.5 Å². The second-order valence-corrected chi connectivity index (χ2v) is 4.72. The maximum absolute atomic E-state index is 5.64.